The minimum Gasteiger partial charge on any atom is -0.494 e. The smallest absolute Gasteiger partial charge is 0.282 e. The zero-order valence-electron chi connectivity index (χ0n) is 25.6. The number of benzene rings is 4. The average Bonchev–Trinajstić information content (AvgIpc) is 3.01. The first-order valence-electron chi connectivity index (χ1n) is 14.8. The summed E-state index contributed by atoms with van der Waals surface area (Å²) in [7, 11) is 0. The van der Waals surface area contributed by atoms with Crippen LogP contribution in [0.25, 0.3) is 22.3 Å². The lowest BCUT2D eigenvalue weighted by molar-refractivity contribution is 0.266. The zero-order chi connectivity index (χ0) is 31.2. The predicted molar refractivity (Wildman–Crippen MR) is 173 cm³/mol. The molecule has 7 nitrogen and oxygen atoms in total. The van der Waals surface area contributed by atoms with E-state index in [0.717, 1.165) is 22.4 Å². The second kappa shape index (κ2) is 13.5. The van der Waals surface area contributed by atoms with Crippen molar-refractivity contribution in [3.63, 3.8) is 0 Å². The van der Waals surface area contributed by atoms with Gasteiger partial charge in [-0.05, 0) is 91.9 Å². The molecule has 4 aromatic carbocycles. The summed E-state index contributed by atoms with van der Waals surface area (Å²) in [6, 6.07) is 23.1. The number of rotatable bonds is 11. The molecule has 0 unspecified atom stereocenters. The van der Waals surface area contributed by atoms with Crippen molar-refractivity contribution in [3.8, 4) is 28.6 Å². The molecule has 44 heavy (non-hydrogen) atoms. The molecule has 5 rings (SSSR count). The molecule has 226 valence electrons. The Bertz CT molecular complexity index is 1880. The lowest BCUT2D eigenvalue weighted by Gasteiger charge is -2.18. The highest BCUT2D eigenvalue weighted by atomic mass is 19.1. The van der Waals surface area contributed by atoms with E-state index >= 15 is 0 Å². The number of halogens is 1. The third kappa shape index (κ3) is 6.49. The number of hydrogen-bond acceptors (Lipinski definition) is 6. The molecule has 0 saturated carbocycles. The molecule has 0 aliphatic rings. The quantitative estimate of drug-likeness (QED) is 0.146. The van der Waals surface area contributed by atoms with E-state index in [2.05, 4.69) is 18.9 Å². The number of fused-ring (bicyclic) bond motifs is 1. The van der Waals surface area contributed by atoms with E-state index in [-0.39, 0.29) is 23.9 Å². The summed E-state index contributed by atoms with van der Waals surface area (Å²) in [5.74, 6) is 2.08. The van der Waals surface area contributed by atoms with Crippen LogP contribution in [0.15, 0.2) is 88.8 Å². The van der Waals surface area contributed by atoms with Gasteiger partial charge >= 0.3 is 0 Å². The van der Waals surface area contributed by atoms with Crippen LogP contribution >= 0.6 is 0 Å². The lowest BCUT2D eigenvalue weighted by atomic mass is 9.96. The molecule has 0 atom stereocenters. The molecule has 0 radical (unpaired) electrons. The number of aryl methyl sites for hydroxylation is 1. The Morgan fingerprint density at radius 1 is 0.886 bits per heavy atom. The van der Waals surface area contributed by atoms with Crippen LogP contribution in [-0.2, 0) is 6.61 Å². The zero-order valence-corrected chi connectivity index (χ0v) is 25.6. The molecule has 0 fully saturated rings. The van der Waals surface area contributed by atoms with Gasteiger partial charge in [0.25, 0.3) is 5.56 Å². The van der Waals surface area contributed by atoms with E-state index in [1.807, 2.05) is 51.1 Å². The summed E-state index contributed by atoms with van der Waals surface area (Å²) >= 11 is 0. The van der Waals surface area contributed by atoms with E-state index in [1.165, 1.54) is 10.7 Å². The summed E-state index contributed by atoms with van der Waals surface area (Å²) in [5, 5.41) is 5.12. The van der Waals surface area contributed by atoms with Crippen LogP contribution in [-0.4, -0.2) is 29.1 Å². The average molecular weight is 594 g/mol. The molecule has 0 aliphatic heterocycles. The highest BCUT2D eigenvalue weighted by Gasteiger charge is 2.19. The van der Waals surface area contributed by atoms with Crippen LogP contribution < -0.4 is 19.8 Å². The maximum Gasteiger partial charge on any atom is 0.282 e. The minimum atomic E-state index is -0.331. The third-order valence-corrected chi connectivity index (χ3v) is 7.20. The maximum atomic E-state index is 14.1. The van der Waals surface area contributed by atoms with Crippen molar-refractivity contribution < 1.29 is 18.6 Å². The van der Waals surface area contributed by atoms with Gasteiger partial charge in [-0.3, -0.25) is 4.79 Å². The molecule has 0 aliphatic carbocycles. The second-order valence-corrected chi connectivity index (χ2v) is 10.6. The third-order valence-electron chi connectivity index (χ3n) is 7.20. The van der Waals surface area contributed by atoms with Gasteiger partial charge in [0.1, 0.15) is 18.2 Å². The molecule has 5 aromatic rings. The van der Waals surface area contributed by atoms with Gasteiger partial charge in [-0.25, -0.2) is 9.37 Å². The fraction of sp³-hybridized carbons (Fsp3) is 0.250. The van der Waals surface area contributed by atoms with Crippen LogP contribution in [0, 0.1) is 12.7 Å². The summed E-state index contributed by atoms with van der Waals surface area (Å²) in [6.45, 7) is 11.0. The van der Waals surface area contributed by atoms with Gasteiger partial charge in [0.2, 0.25) is 0 Å². The predicted octanol–water partition coefficient (Wildman–Crippen LogP) is 7.89. The highest BCUT2D eigenvalue weighted by molar-refractivity contribution is 5.83. The molecular formula is C36H36FN3O4. The van der Waals surface area contributed by atoms with Crippen molar-refractivity contribution in [3.05, 3.63) is 117 Å². The largest absolute Gasteiger partial charge is 0.494 e. The van der Waals surface area contributed by atoms with E-state index in [0.29, 0.717) is 52.6 Å². The summed E-state index contributed by atoms with van der Waals surface area (Å²) in [4.78, 5) is 18.7. The second-order valence-electron chi connectivity index (χ2n) is 10.6. The summed E-state index contributed by atoms with van der Waals surface area (Å²) < 4.78 is 33.1. The molecule has 0 amide bonds. The van der Waals surface area contributed by atoms with Crippen LogP contribution in [0.2, 0.25) is 0 Å². The van der Waals surface area contributed by atoms with E-state index in [1.54, 1.807) is 48.7 Å². The van der Waals surface area contributed by atoms with Crippen LogP contribution in [0.5, 0.6) is 17.2 Å². The Labute approximate surface area is 256 Å². The van der Waals surface area contributed by atoms with Gasteiger partial charge in [-0.1, -0.05) is 44.2 Å². The Morgan fingerprint density at radius 3 is 2.36 bits per heavy atom. The standard InChI is InChI=1S/C36H36FN3O4/c1-6-42-33-18-24(5)29(20-28(33)23(3)4)35-39-31-15-11-9-13-27(31)36(41)40(35)38-21-25-16-17-32(34(19-25)43-7-2)44-22-26-12-8-10-14-30(26)37/h8-21,23H,6-7,22H2,1-5H3. The van der Waals surface area contributed by atoms with Crippen molar-refractivity contribution in [2.24, 2.45) is 5.10 Å². The minimum absolute atomic E-state index is 0.0570. The fourth-order valence-corrected chi connectivity index (χ4v) is 4.96. The number of ether oxygens (including phenoxy) is 3. The van der Waals surface area contributed by atoms with Gasteiger partial charge < -0.3 is 14.2 Å². The Hall–Kier alpha value is -4.98. The van der Waals surface area contributed by atoms with Gasteiger partial charge in [-0.15, -0.1) is 0 Å². The molecule has 8 heteroatoms. The normalized spacial score (nSPS) is 11.4. The fourth-order valence-electron chi connectivity index (χ4n) is 4.96. The monoisotopic (exact) mass is 593 g/mol. The van der Waals surface area contributed by atoms with Gasteiger partial charge in [0.05, 0.1) is 30.3 Å². The Morgan fingerprint density at radius 2 is 1.61 bits per heavy atom. The Balaban J connectivity index is 1.57. The molecular weight excluding hydrogens is 557 g/mol. The topological polar surface area (TPSA) is 74.9 Å². The van der Waals surface area contributed by atoms with Crippen LogP contribution in [0.3, 0.4) is 0 Å². The van der Waals surface area contributed by atoms with Crippen molar-refractivity contribution >= 4 is 17.1 Å². The van der Waals surface area contributed by atoms with Gasteiger partial charge in [0.15, 0.2) is 17.3 Å². The van der Waals surface area contributed by atoms with Crippen molar-refractivity contribution in [2.45, 2.75) is 47.1 Å². The number of nitrogens with zero attached hydrogens (tertiary/aromatic N) is 3. The number of para-hydroxylation sites is 1. The van der Waals surface area contributed by atoms with Crippen LogP contribution in [0.4, 0.5) is 4.39 Å². The lowest BCUT2D eigenvalue weighted by Crippen LogP contribution is -2.21. The van der Waals surface area contributed by atoms with Crippen molar-refractivity contribution in [1.82, 2.24) is 9.66 Å². The molecule has 0 N–H and O–H groups in total. The van der Waals surface area contributed by atoms with Crippen molar-refractivity contribution in [1.29, 1.82) is 0 Å². The summed E-state index contributed by atoms with van der Waals surface area (Å²) in [5.41, 5.74) is 4.18. The highest BCUT2D eigenvalue weighted by Crippen LogP contribution is 2.34. The molecule has 1 heterocycles. The van der Waals surface area contributed by atoms with E-state index < -0.39 is 0 Å². The first-order valence-corrected chi connectivity index (χ1v) is 14.8. The van der Waals surface area contributed by atoms with Crippen molar-refractivity contribution in [2.75, 3.05) is 13.2 Å². The Kier molecular flexibility index (Phi) is 9.38. The first-order chi connectivity index (χ1) is 21.3. The molecule has 0 spiro atoms. The van der Waals surface area contributed by atoms with Crippen LogP contribution in [0.1, 0.15) is 55.9 Å². The molecule has 0 saturated heterocycles. The van der Waals surface area contributed by atoms with E-state index in [9.17, 15) is 9.18 Å². The number of aromatic nitrogens is 2. The number of hydrogen-bond donors (Lipinski definition) is 0. The van der Waals surface area contributed by atoms with Gasteiger partial charge in [-0.2, -0.15) is 9.78 Å². The SMILES string of the molecule is CCOc1cc(C=Nn2c(-c3cc(C(C)C)c(OCC)cc3C)nc3ccccc3c2=O)ccc1OCc1ccccc1F. The molecule has 1 aromatic heterocycles. The summed E-state index contributed by atoms with van der Waals surface area (Å²) in [6.07, 6.45) is 1.60. The van der Waals surface area contributed by atoms with E-state index in [4.69, 9.17) is 19.2 Å². The van der Waals surface area contributed by atoms with Gasteiger partial charge in [0, 0.05) is 11.1 Å². The maximum absolute atomic E-state index is 14.1. The first kappa shape index (κ1) is 30.5. The molecule has 0 bridgehead atoms.